The highest BCUT2D eigenvalue weighted by molar-refractivity contribution is 7.92. The third-order valence-electron chi connectivity index (χ3n) is 4.63. The maximum Gasteiger partial charge on any atom is 0.441 e. The number of halogens is 3. The molecule has 190 valence electrons. The molecule has 1 atom stereocenters. The van der Waals surface area contributed by atoms with Crippen LogP contribution in [0, 0.1) is 0 Å². The molecular weight excluding hydrogens is 503 g/mol. The molecule has 3 rings (SSSR count). The highest BCUT2D eigenvalue weighted by atomic mass is 32.2. The van der Waals surface area contributed by atoms with Crippen molar-refractivity contribution in [1.82, 2.24) is 15.3 Å². The molecule has 0 bridgehead atoms. The van der Waals surface area contributed by atoms with Crippen LogP contribution in [-0.2, 0) is 19.6 Å². The lowest BCUT2D eigenvalue weighted by atomic mass is 10.1. The summed E-state index contributed by atoms with van der Waals surface area (Å²) in [5.74, 6) is -3.21. The van der Waals surface area contributed by atoms with E-state index in [1.807, 2.05) is 5.32 Å². The number of aromatic nitrogens is 2. The maximum absolute atomic E-state index is 14.3. The van der Waals surface area contributed by atoms with Crippen molar-refractivity contribution in [3.05, 3.63) is 78.6 Å². The number of amides is 1. The Balaban J connectivity index is 1.94. The molecule has 10 nitrogen and oxygen atoms in total. The van der Waals surface area contributed by atoms with Gasteiger partial charge in [-0.1, -0.05) is 18.2 Å². The molecule has 0 aliphatic carbocycles. The van der Waals surface area contributed by atoms with Gasteiger partial charge in [-0.2, -0.15) is 13.2 Å². The van der Waals surface area contributed by atoms with Crippen LogP contribution < -0.4 is 15.4 Å². The Bertz CT molecular complexity index is 1310. The average Bonchev–Trinajstić information content (AvgIpc) is 2.84. The van der Waals surface area contributed by atoms with E-state index in [0.29, 0.717) is 0 Å². The number of esters is 1. The van der Waals surface area contributed by atoms with Crippen molar-refractivity contribution < 1.29 is 35.9 Å². The van der Waals surface area contributed by atoms with Crippen LogP contribution in [0.1, 0.15) is 17.3 Å². The number of alkyl halides is 3. The summed E-state index contributed by atoms with van der Waals surface area (Å²) in [7, 11) is -4.17. The number of nitrogens with zero attached hydrogens (tertiary/aromatic N) is 2. The van der Waals surface area contributed by atoms with Crippen molar-refractivity contribution in [2.24, 2.45) is 0 Å². The summed E-state index contributed by atoms with van der Waals surface area (Å²) in [6, 6.07) is 12.4. The first kappa shape index (κ1) is 26.4. The largest absolute Gasteiger partial charge is 0.463 e. The number of carbonyl (C=O) groups is 2. The fourth-order valence-electron chi connectivity index (χ4n) is 2.93. The van der Waals surface area contributed by atoms with E-state index in [4.69, 9.17) is 0 Å². The van der Waals surface area contributed by atoms with Crippen molar-refractivity contribution in [3.8, 4) is 0 Å². The van der Waals surface area contributed by atoms with Gasteiger partial charge in [-0.05, 0) is 49.4 Å². The molecule has 3 N–H and O–H groups in total. The van der Waals surface area contributed by atoms with E-state index >= 15 is 0 Å². The molecule has 3 aromatic rings. The Labute approximate surface area is 204 Å². The van der Waals surface area contributed by atoms with Gasteiger partial charge in [-0.15, -0.1) is 0 Å². The minimum Gasteiger partial charge on any atom is -0.463 e. The molecule has 0 unspecified atom stereocenters. The molecule has 0 saturated carbocycles. The van der Waals surface area contributed by atoms with Crippen LogP contribution in [-0.4, -0.2) is 48.7 Å². The highest BCUT2D eigenvalue weighted by Gasteiger charge is 2.63. The standard InChI is InChI=1S/C22H20F3N5O5S/c1-2-35-19(32)21(22(23,24)25,29-18(31)15-7-4-3-5-8-15)28-16-9-11-17(12-10-16)36(33,34)30-20-26-13-6-14-27-20/h3-14,28H,2H2,1H3,(H,29,31)(H,26,27,30)/t21-/m0/s1. The molecule has 1 amide bonds. The molecule has 1 heterocycles. The van der Waals surface area contributed by atoms with Crippen LogP contribution in [0.5, 0.6) is 0 Å². The summed E-state index contributed by atoms with van der Waals surface area (Å²) in [5, 5.41) is 3.68. The number of hydrogen-bond donors (Lipinski definition) is 3. The van der Waals surface area contributed by atoms with Crippen molar-refractivity contribution in [1.29, 1.82) is 0 Å². The number of carbonyl (C=O) groups excluding carboxylic acids is 2. The van der Waals surface area contributed by atoms with Gasteiger partial charge in [0.1, 0.15) is 0 Å². The quantitative estimate of drug-likeness (QED) is 0.287. The van der Waals surface area contributed by atoms with Gasteiger partial charge in [-0.3, -0.25) is 4.79 Å². The number of ether oxygens (including phenoxy) is 1. The van der Waals surface area contributed by atoms with Crippen molar-refractivity contribution >= 4 is 33.5 Å². The van der Waals surface area contributed by atoms with Gasteiger partial charge in [0.05, 0.1) is 11.5 Å². The molecule has 2 aromatic carbocycles. The fourth-order valence-corrected chi connectivity index (χ4v) is 3.88. The number of hydrogen-bond acceptors (Lipinski definition) is 8. The van der Waals surface area contributed by atoms with Gasteiger partial charge >= 0.3 is 17.8 Å². The Hall–Kier alpha value is -4.20. The number of anilines is 2. The summed E-state index contributed by atoms with van der Waals surface area (Å²) in [5.41, 5.74) is -4.14. The Morgan fingerprint density at radius 2 is 1.56 bits per heavy atom. The lowest BCUT2D eigenvalue weighted by molar-refractivity contribution is -0.204. The van der Waals surface area contributed by atoms with E-state index in [0.717, 1.165) is 24.3 Å². The Morgan fingerprint density at radius 1 is 0.944 bits per heavy atom. The zero-order chi connectivity index (χ0) is 26.4. The van der Waals surface area contributed by atoms with Crippen LogP contribution >= 0.6 is 0 Å². The van der Waals surface area contributed by atoms with Gasteiger partial charge in [0.25, 0.3) is 15.9 Å². The topological polar surface area (TPSA) is 139 Å². The lowest BCUT2D eigenvalue weighted by Gasteiger charge is -2.35. The van der Waals surface area contributed by atoms with Gasteiger partial charge in [0.2, 0.25) is 5.95 Å². The SMILES string of the molecule is CCOC(=O)[C@@](NC(=O)c1ccccc1)(Nc1ccc(S(=O)(=O)Nc2ncccn2)cc1)C(F)(F)F. The predicted molar refractivity (Wildman–Crippen MR) is 122 cm³/mol. The molecule has 0 fully saturated rings. The fraction of sp³-hybridized carbons (Fsp3) is 0.182. The van der Waals surface area contributed by atoms with Crippen molar-refractivity contribution in [3.63, 3.8) is 0 Å². The van der Waals surface area contributed by atoms with Crippen molar-refractivity contribution in [2.75, 3.05) is 16.6 Å². The monoisotopic (exact) mass is 523 g/mol. The van der Waals surface area contributed by atoms with Crippen LogP contribution in [0.15, 0.2) is 78.0 Å². The number of rotatable bonds is 9. The van der Waals surface area contributed by atoms with E-state index < -0.39 is 40.3 Å². The molecule has 1 aromatic heterocycles. The molecule has 0 radical (unpaired) electrons. The van der Waals surface area contributed by atoms with E-state index in [9.17, 15) is 31.2 Å². The third-order valence-corrected chi connectivity index (χ3v) is 5.98. The second kappa shape index (κ2) is 10.6. The summed E-state index contributed by atoms with van der Waals surface area (Å²) >= 11 is 0. The van der Waals surface area contributed by atoms with Gasteiger partial charge < -0.3 is 15.4 Å². The molecule has 0 spiro atoms. The maximum atomic E-state index is 14.3. The molecule has 0 saturated heterocycles. The molecule has 14 heteroatoms. The third kappa shape index (κ3) is 5.89. The zero-order valence-corrected chi connectivity index (χ0v) is 19.4. The average molecular weight is 523 g/mol. The summed E-state index contributed by atoms with van der Waals surface area (Å²) in [6.07, 6.45) is -2.73. The summed E-state index contributed by atoms with van der Waals surface area (Å²) in [4.78, 5) is 32.3. The van der Waals surface area contributed by atoms with Crippen LogP contribution in [0.3, 0.4) is 0 Å². The minimum atomic E-state index is -5.36. The Morgan fingerprint density at radius 3 is 2.11 bits per heavy atom. The Kier molecular flexibility index (Phi) is 7.77. The first-order valence-corrected chi connectivity index (χ1v) is 11.8. The minimum absolute atomic E-state index is 0.132. The van der Waals surface area contributed by atoms with Crippen LogP contribution in [0.4, 0.5) is 24.8 Å². The number of sulfonamides is 1. The molecule has 0 aliphatic heterocycles. The number of nitrogens with one attached hydrogen (secondary N) is 3. The lowest BCUT2D eigenvalue weighted by Crippen LogP contribution is -2.69. The molecule has 0 aliphatic rings. The summed E-state index contributed by atoms with van der Waals surface area (Å²) in [6.45, 7) is 0.908. The van der Waals surface area contributed by atoms with Gasteiger partial charge in [0, 0.05) is 23.6 Å². The van der Waals surface area contributed by atoms with Gasteiger partial charge in [0.15, 0.2) is 0 Å². The molecular formula is C22H20F3N5O5S. The second-order valence-electron chi connectivity index (χ2n) is 7.12. The number of benzene rings is 2. The van der Waals surface area contributed by atoms with E-state index in [1.54, 1.807) is 11.4 Å². The van der Waals surface area contributed by atoms with E-state index in [-0.39, 0.29) is 22.1 Å². The van der Waals surface area contributed by atoms with Crippen molar-refractivity contribution in [2.45, 2.75) is 23.7 Å². The van der Waals surface area contributed by atoms with Crippen LogP contribution in [0.25, 0.3) is 0 Å². The predicted octanol–water partition coefficient (Wildman–Crippen LogP) is 2.94. The first-order valence-electron chi connectivity index (χ1n) is 10.3. The normalized spacial score (nSPS) is 13.2. The first-order chi connectivity index (χ1) is 17.0. The summed E-state index contributed by atoms with van der Waals surface area (Å²) < 4.78 is 74.8. The van der Waals surface area contributed by atoms with E-state index in [1.165, 1.54) is 49.6 Å². The van der Waals surface area contributed by atoms with Gasteiger partial charge in [-0.25, -0.2) is 27.9 Å². The smallest absolute Gasteiger partial charge is 0.441 e. The molecule has 36 heavy (non-hydrogen) atoms. The second-order valence-corrected chi connectivity index (χ2v) is 8.80. The van der Waals surface area contributed by atoms with Crippen LogP contribution in [0.2, 0.25) is 0 Å². The van der Waals surface area contributed by atoms with E-state index in [2.05, 4.69) is 19.4 Å². The highest BCUT2D eigenvalue weighted by Crippen LogP contribution is 2.34. The zero-order valence-electron chi connectivity index (χ0n) is 18.6.